The molecular formula is C27H47N3O3. The summed E-state index contributed by atoms with van der Waals surface area (Å²) in [5.74, 6) is 1.63. The Kier molecular flexibility index (Phi) is 9.54. The maximum Gasteiger partial charge on any atom is 0.126 e. The summed E-state index contributed by atoms with van der Waals surface area (Å²) in [6, 6.07) is 4.48. The molecule has 0 bridgehead atoms. The van der Waals surface area contributed by atoms with Gasteiger partial charge in [-0.3, -0.25) is 0 Å². The molecule has 2 atom stereocenters. The molecule has 0 spiro atoms. The van der Waals surface area contributed by atoms with E-state index in [-0.39, 0.29) is 11.6 Å². The van der Waals surface area contributed by atoms with Crippen LogP contribution in [0, 0.1) is 5.92 Å². The van der Waals surface area contributed by atoms with E-state index in [1.54, 1.807) is 0 Å². The second kappa shape index (κ2) is 11.3. The number of nitrogens with one attached hydrogen (secondary N) is 3. The van der Waals surface area contributed by atoms with Crippen molar-refractivity contribution < 1.29 is 15.1 Å². The molecule has 6 heteroatoms. The number of aliphatic hydroxyl groups excluding tert-OH is 1. The standard InChI is InChI=1S/C27H47N3O3/c1-17(2)20(14-26(5,6)30-32)15-29-16-23(31)24-11-10-19-12-22(27(7,8)28-9)21(18(3)4)13-25(19)33-24/h12-14,17-18,23-24,28-32H,10-11,15-16H2,1-9H3/b20-14-. The monoisotopic (exact) mass is 461 g/mol. The Morgan fingerprint density at radius 3 is 2.39 bits per heavy atom. The molecule has 0 radical (unpaired) electrons. The van der Waals surface area contributed by atoms with Gasteiger partial charge in [-0.15, -0.1) is 0 Å². The SMILES string of the molecule is CNC(C)(C)c1cc2c(cc1C(C)C)OC(C(O)CNC/C(=C/C(C)(C)NO)C(C)C)CC2. The maximum atomic E-state index is 10.9. The first kappa shape index (κ1) is 27.8. The molecule has 188 valence electrons. The molecule has 0 saturated heterocycles. The average molecular weight is 462 g/mol. The van der Waals surface area contributed by atoms with Crippen molar-refractivity contribution in [1.82, 2.24) is 16.1 Å². The van der Waals surface area contributed by atoms with E-state index in [1.165, 1.54) is 22.3 Å². The van der Waals surface area contributed by atoms with Crippen molar-refractivity contribution in [2.75, 3.05) is 20.1 Å². The fourth-order valence-electron chi connectivity index (χ4n) is 4.30. The molecule has 1 aromatic rings. The molecule has 6 nitrogen and oxygen atoms in total. The summed E-state index contributed by atoms with van der Waals surface area (Å²) in [5.41, 5.74) is 6.74. The van der Waals surface area contributed by atoms with Gasteiger partial charge in [0.15, 0.2) is 0 Å². The van der Waals surface area contributed by atoms with Gasteiger partial charge in [-0.2, -0.15) is 5.48 Å². The maximum absolute atomic E-state index is 10.9. The third-order valence-electron chi connectivity index (χ3n) is 6.82. The van der Waals surface area contributed by atoms with E-state index in [2.05, 4.69) is 69.8 Å². The lowest BCUT2D eigenvalue weighted by Crippen LogP contribution is -2.42. The number of aliphatic hydroxyl groups is 1. The second-order valence-corrected chi connectivity index (χ2v) is 11.2. The lowest BCUT2D eigenvalue weighted by molar-refractivity contribution is 0.0248. The average Bonchev–Trinajstić information content (AvgIpc) is 2.76. The first-order valence-electron chi connectivity index (χ1n) is 12.4. The van der Waals surface area contributed by atoms with E-state index in [0.29, 0.717) is 24.9 Å². The first-order valence-corrected chi connectivity index (χ1v) is 12.4. The smallest absolute Gasteiger partial charge is 0.126 e. The van der Waals surface area contributed by atoms with Gasteiger partial charge in [0.2, 0.25) is 0 Å². The van der Waals surface area contributed by atoms with Crippen molar-refractivity contribution in [2.24, 2.45) is 5.92 Å². The van der Waals surface area contributed by atoms with E-state index < -0.39 is 11.6 Å². The molecule has 0 amide bonds. The minimum absolute atomic E-state index is 0.114. The number of benzene rings is 1. The number of aryl methyl sites for hydroxylation is 1. The number of rotatable bonds is 11. The van der Waals surface area contributed by atoms with Crippen LogP contribution in [0.3, 0.4) is 0 Å². The van der Waals surface area contributed by atoms with Gasteiger partial charge in [-0.05, 0) is 88.2 Å². The van der Waals surface area contributed by atoms with Crippen molar-refractivity contribution in [2.45, 2.75) is 97.4 Å². The fraction of sp³-hybridized carbons (Fsp3) is 0.704. The summed E-state index contributed by atoms with van der Waals surface area (Å²) in [5, 5.41) is 27.0. The lowest BCUT2D eigenvalue weighted by atomic mass is 9.83. The molecule has 1 aliphatic heterocycles. The third kappa shape index (κ3) is 7.27. The van der Waals surface area contributed by atoms with Gasteiger partial charge in [-0.1, -0.05) is 39.3 Å². The Balaban J connectivity index is 2.09. The van der Waals surface area contributed by atoms with Crippen molar-refractivity contribution in [3.63, 3.8) is 0 Å². The number of ether oxygens (including phenoxy) is 1. The Labute approximate surface area is 201 Å². The number of hydroxylamine groups is 1. The van der Waals surface area contributed by atoms with Crippen LogP contribution in [0.5, 0.6) is 5.75 Å². The highest BCUT2D eigenvalue weighted by Gasteiger charge is 2.30. The highest BCUT2D eigenvalue weighted by Crippen LogP contribution is 2.38. The highest BCUT2D eigenvalue weighted by molar-refractivity contribution is 5.47. The summed E-state index contributed by atoms with van der Waals surface area (Å²) < 4.78 is 6.32. The minimum Gasteiger partial charge on any atom is -0.487 e. The van der Waals surface area contributed by atoms with Crippen LogP contribution in [0.4, 0.5) is 0 Å². The quantitative estimate of drug-likeness (QED) is 0.250. The molecule has 0 aliphatic carbocycles. The van der Waals surface area contributed by atoms with Crippen molar-refractivity contribution in [3.8, 4) is 5.75 Å². The molecule has 1 heterocycles. The van der Waals surface area contributed by atoms with Gasteiger partial charge < -0.3 is 25.7 Å². The Morgan fingerprint density at radius 2 is 1.85 bits per heavy atom. The predicted molar refractivity (Wildman–Crippen MR) is 136 cm³/mol. The van der Waals surface area contributed by atoms with E-state index in [9.17, 15) is 10.3 Å². The van der Waals surface area contributed by atoms with Gasteiger partial charge in [-0.25, -0.2) is 0 Å². The molecular weight excluding hydrogens is 414 g/mol. The van der Waals surface area contributed by atoms with Crippen LogP contribution in [0.15, 0.2) is 23.8 Å². The molecule has 1 aliphatic rings. The minimum atomic E-state index is -0.591. The van der Waals surface area contributed by atoms with Gasteiger partial charge in [0.05, 0.1) is 5.54 Å². The fourth-order valence-corrected chi connectivity index (χ4v) is 4.30. The van der Waals surface area contributed by atoms with Gasteiger partial charge >= 0.3 is 0 Å². The topological polar surface area (TPSA) is 85.8 Å². The molecule has 2 rings (SSSR count). The van der Waals surface area contributed by atoms with E-state index >= 15 is 0 Å². The Morgan fingerprint density at radius 1 is 1.18 bits per heavy atom. The first-order chi connectivity index (χ1) is 15.3. The van der Waals surface area contributed by atoms with Gasteiger partial charge in [0, 0.05) is 18.6 Å². The third-order valence-corrected chi connectivity index (χ3v) is 6.82. The second-order valence-electron chi connectivity index (χ2n) is 11.2. The summed E-state index contributed by atoms with van der Waals surface area (Å²) in [6.07, 6.45) is 2.92. The van der Waals surface area contributed by atoms with Crippen molar-refractivity contribution in [3.05, 3.63) is 40.5 Å². The molecule has 0 saturated carbocycles. The normalized spacial score (nSPS) is 18.5. The van der Waals surface area contributed by atoms with Crippen LogP contribution in [0.25, 0.3) is 0 Å². The van der Waals surface area contributed by atoms with Crippen LogP contribution in [-0.2, 0) is 12.0 Å². The Hall–Kier alpha value is -1.44. The molecule has 5 N–H and O–H groups in total. The van der Waals surface area contributed by atoms with E-state index in [4.69, 9.17) is 4.74 Å². The zero-order valence-electron chi connectivity index (χ0n) is 22.2. The van der Waals surface area contributed by atoms with E-state index in [0.717, 1.165) is 18.6 Å². The van der Waals surface area contributed by atoms with Crippen LogP contribution < -0.4 is 20.9 Å². The van der Waals surface area contributed by atoms with Crippen LogP contribution >= 0.6 is 0 Å². The van der Waals surface area contributed by atoms with Crippen LogP contribution in [0.2, 0.25) is 0 Å². The molecule has 1 aromatic carbocycles. The lowest BCUT2D eigenvalue weighted by Gasteiger charge is -2.34. The zero-order valence-corrected chi connectivity index (χ0v) is 22.2. The summed E-state index contributed by atoms with van der Waals surface area (Å²) in [6.45, 7) is 18.1. The zero-order chi connectivity index (χ0) is 25.0. The largest absolute Gasteiger partial charge is 0.487 e. The van der Waals surface area contributed by atoms with Crippen molar-refractivity contribution in [1.29, 1.82) is 0 Å². The molecule has 0 fully saturated rings. The summed E-state index contributed by atoms with van der Waals surface area (Å²) in [7, 11) is 2.00. The van der Waals surface area contributed by atoms with E-state index in [1.807, 2.05) is 27.0 Å². The van der Waals surface area contributed by atoms with Crippen LogP contribution in [0.1, 0.15) is 84.4 Å². The van der Waals surface area contributed by atoms with Crippen LogP contribution in [-0.4, -0.2) is 48.2 Å². The van der Waals surface area contributed by atoms with Gasteiger partial charge in [0.25, 0.3) is 0 Å². The van der Waals surface area contributed by atoms with Gasteiger partial charge in [0.1, 0.15) is 18.0 Å². The number of fused-ring (bicyclic) bond motifs is 1. The highest BCUT2D eigenvalue weighted by atomic mass is 16.5. The number of hydrogen-bond acceptors (Lipinski definition) is 6. The molecule has 2 unspecified atom stereocenters. The summed E-state index contributed by atoms with van der Waals surface area (Å²) >= 11 is 0. The Bertz CT molecular complexity index is 815. The van der Waals surface area contributed by atoms with Crippen molar-refractivity contribution >= 4 is 0 Å². The molecule has 0 aromatic heterocycles. The predicted octanol–water partition coefficient (Wildman–Crippen LogP) is 4.25. The molecule has 33 heavy (non-hydrogen) atoms. The number of hydrogen-bond donors (Lipinski definition) is 5. The summed E-state index contributed by atoms with van der Waals surface area (Å²) in [4.78, 5) is 0.